The second-order valence-electron chi connectivity index (χ2n) is 7.09. The number of nitrogens with zero attached hydrogens (tertiary/aromatic N) is 1. The molecule has 1 N–H and O–H groups in total. The predicted molar refractivity (Wildman–Crippen MR) is 110 cm³/mol. The van der Waals surface area contributed by atoms with E-state index in [0.29, 0.717) is 25.9 Å². The summed E-state index contributed by atoms with van der Waals surface area (Å²) in [7, 11) is 0. The molecule has 0 radical (unpaired) electrons. The SMILES string of the molecule is CSc1ccc(CCN2C(=O)CC[C@@]2(C)C(=O)NCc2ccccc2)cc1. The van der Waals surface area contributed by atoms with Crippen molar-refractivity contribution >= 4 is 23.6 Å². The summed E-state index contributed by atoms with van der Waals surface area (Å²) in [5, 5.41) is 3.01. The lowest BCUT2D eigenvalue weighted by Crippen LogP contribution is -2.54. The van der Waals surface area contributed by atoms with Crippen molar-refractivity contribution in [2.45, 2.75) is 43.2 Å². The quantitative estimate of drug-likeness (QED) is 0.744. The minimum absolute atomic E-state index is 0.0631. The van der Waals surface area contributed by atoms with E-state index >= 15 is 0 Å². The van der Waals surface area contributed by atoms with Gasteiger partial charge in [0.05, 0.1) is 0 Å². The molecule has 1 aliphatic heterocycles. The molecular weight excluding hydrogens is 356 g/mol. The summed E-state index contributed by atoms with van der Waals surface area (Å²) in [4.78, 5) is 28.3. The van der Waals surface area contributed by atoms with Crippen LogP contribution in [0.25, 0.3) is 0 Å². The molecule has 4 nitrogen and oxygen atoms in total. The predicted octanol–water partition coefficient (Wildman–Crippen LogP) is 3.65. The summed E-state index contributed by atoms with van der Waals surface area (Å²) in [6, 6.07) is 18.2. The fourth-order valence-corrected chi connectivity index (χ4v) is 3.91. The molecule has 2 aromatic rings. The Morgan fingerprint density at radius 1 is 1.11 bits per heavy atom. The van der Waals surface area contributed by atoms with Crippen molar-refractivity contribution in [1.29, 1.82) is 0 Å². The number of thioether (sulfide) groups is 1. The van der Waals surface area contributed by atoms with Gasteiger partial charge in [-0.05, 0) is 49.3 Å². The number of benzene rings is 2. The van der Waals surface area contributed by atoms with Gasteiger partial charge in [0.1, 0.15) is 5.54 Å². The number of amides is 2. The summed E-state index contributed by atoms with van der Waals surface area (Å²) in [6.07, 6.45) is 3.80. The van der Waals surface area contributed by atoms with Gasteiger partial charge < -0.3 is 10.2 Å². The summed E-state index contributed by atoms with van der Waals surface area (Å²) in [6.45, 7) is 2.93. The van der Waals surface area contributed by atoms with Crippen LogP contribution < -0.4 is 5.32 Å². The van der Waals surface area contributed by atoms with Gasteiger partial charge in [-0.3, -0.25) is 9.59 Å². The van der Waals surface area contributed by atoms with Crippen molar-refractivity contribution in [2.24, 2.45) is 0 Å². The van der Waals surface area contributed by atoms with Gasteiger partial charge in [-0.15, -0.1) is 11.8 Å². The van der Waals surface area contributed by atoms with Crippen LogP contribution in [0, 0.1) is 0 Å². The first-order valence-corrected chi connectivity index (χ1v) is 10.5. The second-order valence-corrected chi connectivity index (χ2v) is 7.97. The molecule has 27 heavy (non-hydrogen) atoms. The first-order chi connectivity index (χ1) is 13.0. The fraction of sp³-hybridized carbons (Fsp3) is 0.364. The molecule has 1 saturated heterocycles. The number of hydrogen-bond donors (Lipinski definition) is 1. The molecule has 1 fully saturated rings. The summed E-state index contributed by atoms with van der Waals surface area (Å²) in [5.74, 6) is -0.0111. The van der Waals surface area contributed by atoms with Gasteiger partial charge in [0.15, 0.2) is 0 Å². The van der Waals surface area contributed by atoms with Crippen molar-refractivity contribution in [3.63, 3.8) is 0 Å². The smallest absolute Gasteiger partial charge is 0.245 e. The molecule has 5 heteroatoms. The summed E-state index contributed by atoms with van der Waals surface area (Å²) in [5.41, 5.74) is 1.46. The monoisotopic (exact) mass is 382 g/mol. The van der Waals surface area contributed by atoms with Crippen LogP contribution in [0.4, 0.5) is 0 Å². The topological polar surface area (TPSA) is 49.4 Å². The number of hydrogen-bond acceptors (Lipinski definition) is 3. The van der Waals surface area contributed by atoms with Gasteiger partial charge in [-0.1, -0.05) is 42.5 Å². The average molecular weight is 383 g/mol. The zero-order valence-corrected chi connectivity index (χ0v) is 16.7. The number of carbonyl (C=O) groups is 2. The van der Waals surface area contributed by atoms with Crippen LogP contribution in [0.15, 0.2) is 59.5 Å². The van der Waals surface area contributed by atoms with E-state index in [1.54, 1.807) is 16.7 Å². The molecule has 1 heterocycles. The van der Waals surface area contributed by atoms with Crippen LogP contribution in [0.3, 0.4) is 0 Å². The highest BCUT2D eigenvalue weighted by Crippen LogP contribution is 2.30. The standard InChI is InChI=1S/C22H26N2O2S/c1-22(21(26)23-16-18-6-4-3-5-7-18)14-12-20(25)24(22)15-13-17-8-10-19(27-2)11-9-17/h3-11H,12-16H2,1-2H3,(H,23,26)/t22-/m0/s1. The maximum atomic E-state index is 12.9. The largest absolute Gasteiger partial charge is 0.350 e. The Labute approximate surface area is 165 Å². The van der Waals surface area contributed by atoms with E-state index in [1.807, 2.05) is 37.3 Å². The minimum atomic E-state index is -0.773. The molecular formula is C22H26N2O2S. The lowest BCUT2D eigenvalue weighted by molar-refractivity contribution is -0.140. The van der Waals surface area contributed by atoms with Crippen LogP contribution >= 0.6 is 11.8 Å². The average Bonchev–Trinajstić information content (AvgIpc) is 3.00. The van der Waals surface area contributed by atoms with E-state index in [-0.39, 0.29) is 11.8 Å². The van der Waals surface area contributed by atoms with E-state index in [2.05, 4.69) is 35.8 Å². The second kappa shape index (κ2) is 8.61. The van der Waals surface area contributed by atoms with Crippen LogP contribution in [-0.4, -0.2) is 35.1 Å². The van der Waals surface area contributed by atoms with E-state index in [4.69, 9.17) is 0 Å². The molecule has 0 aliphatic carbocycles. The molecule has 3 rings (SSSR count). The summed E-state index contributed by atoms with van der Waals surface area (Å²) >= 11 is 1.71. The van der Waals surface area contributed by atoms with Gasteiger partial charge in [0, 0.05) is 24.4 Å². The number of rotatable bonds is 7. The summed E-state index contributed by atoms with van der Waals surface area (Å²) < 4.78 is 0. The maximum Gasteiger partial charge on any atom is 0.245 e. The van der Waals surface area contributed by atoms with Crippen LogP contribution in [-0.2, 0) is 22.6 Å². The van der Waals surface area contributed by atoms with Gasteiger partial charge in [-0.2, -0.15) is 0 Å². The Morgan fingerprint density at radius 2 is 1.81 bits per heavy atom. The van der Waals surface area contributed by atoms with Gasteiger partial charge in [-0.25, -0.2) is 0 Å². The lowest BCUT2D eigenvalue weighted by Gasteiger charge is -2.34. The van der Waals surface area contributed by atoms with E-state index in [9.17, 15) is 9.59 Å². The van der Waals surface area contributed by atoms with Crippen molar-refractivity contribution in [2.75, 3.05) is 12.8 Å². The maximum absolute atomic E-state index is 12.9. The van der Waals surface area contributed by atoms with Crippen LogP contribution in [0.5, 0.6) is 0 Å². The molecule has 0 saturated carbocycles. The Hall–Kier alpha value is -2.27. The van der Waals surface area contributed by atoms with E-state index in [1.165, 1.54) is 10.5 Å². The Kier molecular flexibility index (Phi) is 6.22. The number of carbonyl (C=O) groups excluding carboxylic acids is 2. The van der Waals surface area contributed by atoms with E-state index < -0.39 is 5.54 Å². The fourth-order valence-electron chi connectivity index (χ4n) is 3.50. The highest BCUT2D eigenvalue weighted by Gasteiger charge is 2.46. The Morgan fingerprint density at radius 3 is 2.48 bits per heavy atom. The van der Waals surface area contributed by atoms with Gasteiger partial charge in [0.25, 0.3) is 0 Å². The number of nitrogens with one attached hydrogen (secondary N) is 1. The zero-order valence-electron chi connectivity index (χ0n) is 15.9. The molecule has 2 aromatic carbocycles. The first-order valence-electron chi connectivity index (χ1n) is 9.28. The third-order valence-electron chi connectivity index (χ3n) is 5.29. The zero-order chi connectivity index (χ0) is 19.3. The Balaban J connectivity index is 1.63. The van der Waals surface area contributed by atoms with Crippen molar-refractivity contribution in [3.05, 3.63) is 65.7 Å². The third-order valence-corrected chi connectivity index (χ3v) is 6.03. The van der Waals surface area contributed by atoms with Crippen molar-refractivity contribution in [3.8, 4) is 0 Å². The first kappa shape index (κ1) is 19.5. The van der Waals surface area contributed by atoms with Crippen molar-refractivity contribution < 1.29 is 9.59 Å². The third kappa shape index (κ3) is 4.53. The van der Waals surface area contributed by atoms with Gasteiger partial charge in [0.2, 0.25) is 11.8 Å². The molecule has 0 bridgehead atoms. The van der Waals surface area contributed by atoms with Crippen molar-refractivity contribution in [1.82, 2.24) is 10.2 Å². The van der Waals surface area contributed by atoms with Crippen LogP contribution in [0.1, 0.15) is 30.9 Å². The molecule has 0 unspecified atom stereocenters. The lowest BCUT2D eigenvalue weighted by atomic mass is 9.97. The molecule has 142 valence electrons. The highest BCUT2D eigenvalue weighted by atomic mass is 32.2. The molecule has 0 spiro atoms. The number of likely N-dealkylation sites (tertiary alicyclic amines) is 1. The highest BCUT2D eigenvalue weighted by molar-refractivity contribution is 7.98. The molecule has 2 amide bonds. The van der Waals surface area contributed by atoms with Gasteiger partial charge >= 0.3 is 0 Å². The normalized spacial score (nSPS) is 19.3. The Bertz CT molecular complexity index is 792. The van der Waals surface area contributed by atoms with E-state index in [0.717, 1.165) is 12.0 Å². The molecule has 1 aliphatic rings. The van der Waals surface area contributed by atoms with Crippen LogP contribution in [0.2, 0.25) is 0 Å². The molecule has 1 atom stereocenters. The minimum Gasteiger partial charge on any atom is -0.350 e. The molecule has 0 aromatic heterocycles.